The Morgan fingerprint density at radius 3 is 2.76 bits per heavy atom. The van der Waals surface area contributed by atoms with Gasteiger partial charge in [-0.05, 0) is 19.3 Å². The van der Waals surface area contributed by atoms with Crippen molar-refractivity contribution in [3.05, 3.63) is 23.8 Å². The summed E-state index contributed by atoms with van der Waals surface area (Å²) in [6, 6.07) is 0. The summed E-state index contributed by atoms with van der Waals surface area (Å²) in [6.07, 6.45) is 11.9. The smallest absolute Gasteiger partial charge is 0.205 e. The first-order valence-corrected chi connectivity index (χ1v) is 10.3. The highest BCUT2D eigenvalue weighted by Gasteiger charge is 2.23. The Hall–Kier alpha value is -1.47. The van der Waals surface area contributed by atoms with Crippen LogP contribution in [-0.4, -0.2) is 50.2 Å². The second-order valence-corrected chi connectivity index (χ2v) is 8.14. The van der Waals surface area contributed by atoms with Gasteiger partial charge in [-0.1, -0.05) is 19.3 Å². The highest BCUT2D eigenvalue weighted by molar-refractivity contribution is 7.09. The largest absolute Gasteiger partial charge is 0.346 e. The predicted octanol–water partition coefficient (Wildman–Crippen LogP) is 3.03. The van der Waals surface area contributed by atoms with Crippen LogP contribution in [0.3, 0.4) is 0 Å². The fourth-order valence-electron chi connectivity index (χ4n) is 4.01. The molecule has 2 aromatic heterocycles. The van der Waals surface area contributed by atoms with Gasteiger partial charge in [-0.25, -0.2) is 4.98 Å². The van der Waals surface area contributed by atoms with Gasteiger partial charge in [0.15, 0.2) is 0 Å². The highest BCUT2D eigenvalue weighted by Crippen LogP contribution is 2.33. The molecule has 0 bridgehead atoms. The SMILES string of the molecule is Cn1cc(CN2CCCN(c3nc(C4CCCCC4)ns3)CC2)cn1. The molecule has 0 radical (unpaired) electrons. The van der Waals surface area contributed by atoms with Crippen molar-refractivity contribution in [3.63, 3.8) is 0 Å². The number of rotatable bonds is 4. The molecule has 2 fully saturated rings. The van der Waals surface area contributed by atoms with Crippen LogP contribution in [0.4, 0.5) is 5.13 Å². The van der Waals surface area contributed by atoms with E-state index in [4.69, 9.17) is 9.36 Å². The molecule has 25 heavy (non-hydrogen) atoms. The van der Waals surface area contributed by atoms with Crippen molar-refractivity contribution in [1.82, 2.24) is 24.0 Å². The number of hydrogen-bond acceptors (Lipinski definition) is 6. The van der Waals surface area contributed by atoms with Gasteiger partial charge >= 0.3 is 0 Å². The number of hydrogen-bond donors (Lipinski definition) is 0. The molecule has 0 atom stereocenters. The lowest BCUT2D eigenvalue weighted by atomic mass is 9.89. The molecule has 4 rings (SSSR count). The van der Waals surface area contributed by atoms with Crippen molar-refractivity contribution in [1.29, 1.82) is 0 Å². The molecule has 6 nitrogen and oxygen atoms in total. The molecule has 0 N–H and O–H groups in total. The first kappa shape index (κ1) is 17.0. The van der Waals surface area contributed by atoms with Crippen LogP contribution in [0, 0.1) is 0 Å². The lowest BCUT2D eigenvalue weighted by Gasteiger charge is -2.21. The van der Waals surface area contributed by atoms with Crippen molar-refractivity contribution in [2.45, 2.75) is 51.0 Å². The molecule has 3 heterocycles. The van der Waals surface area contributed by atoms with E-state index in [-0.39, 0.29) is 0 Å². The number of aromatic nitrogens is 4. The summed E-state index contributed by atoms with van der Waals surface area (Å²) in [4.78, 5) is 9.88. The Labute approximate surface area is 154 Å². The van der Waals surface area contributed by atoms with Crippen LogP contribution < -0.4 is 4.90 Å². The summed E-state index contributed by atoms with van der Waals surface area (Å²) in [6.45, 7) is 5.33. The van der Waals surface area contributed by atoms with Crippen molar-refractivity contribution in [2.75, 3.05) is 31.1 Å². The topological polar surface area (TPSA) is 50.1 Å². The maximum absolute atomic E-state index is 4.91. The summed E-state index contributed by atoms with van der Waals surface area (Å²) >= 11 is 1.60. The summed E-state index contributed by atoms with van der Waals surface area (Å²) in [5, 5.41) is 5.41. The second kappa shape index (κ2) is 7.83. The summed E-state index contributed by atoms with van der Waals surface area (Å²) in [5.41, 5.74) is 1.30. The summed E-state index contributed by atoms with van der Waals surface area (Å²) in [5.74, 6) is 1.71. The van der Waals surface area contributed by atoms with Gasteiger partial charge < -0.3 is 4.90 Å². The zero-order chi connectivity index (χ0) is 17.1. The van der Waals surface area contributed by atoms with Crippen LogP contribution in [-0.2, 0) is 13.6 Å². The lowest BCUT2D eigenvalue weighted by Crippen LogP contribution is -2.30. The third-order valence-electron chi connectivity index (χ3n) is 5.42. The van der Waals surface area contributed by atoms with Crippen molar-refractivity contribution in [3.8, 4) is 0 Å². The molecule has 1 aliphatic heterocycles. The standard InChI is InChI=1S/C18H28N6S/c1-22-13-15(12-19-22)14-23-8-5-9-24(11-10-23)18-20-17(21-25-18)16-6-3-2-4-7-16/h12-13,16H,2-11,14H2,1H3. The van der Waals surface area contributed by atoms with Crippen LogP contribution in [0.1, 0.15) is 55.8 Å². The third-order valence-corrected chi connectivity index (χ3v) is 6.22. The van der Waals surface area contributed by atoms with Crippen LogP contribution in [0.5, 0.6) is 0 Å². The maximum Gasteiger partial charge on any atom is 0.205 e. The Balaban J connectivity index is 1.35. The van der Waals surface area contributed by atoms with E-state index in [1.807, 2.05) is 17.9 Å². The average molecular weight is 361 g/mol. The van der Waals surface area contributed by atoms with E-state index >= 15 is 0 Å². The maximum atomic E-state index is 4.91. The fraction of sp³-hybridized carbons (Fsp3) is 0.722. The lowest BCUT2D eigenvalue weighted by molar-refractivity contribution is 0.285. The number of nitrogens with zero attached hydrogens (tertiary/aromatic N) is 6. The van der Waals surface area contributed by atoms with Crippen LogP contribution in [0.2, 0.25) is 0 Å². The minimum atomic E-state index is 0.604. The minimum absolute atomic E-state index is 0.604. The Kier molecular flexibility index (Phi) is 5.31. The summed E-state index contributed by atoms with van der Waals surface area (Å²) < 4.78 is 6.58. The van der Waals surface area contributed by atoms with E-state index in [0.717, 1.165) is 43.7 Å². The second-order valence-electron chi connectivity index (χ2n) is 7.41. The van der Waals surface area contributed by atoms with Gasteiger partial charge in [-0.15, -0.1) is 0 Å². The van der Waals surface area contributed by atoms with Gasteiger partial charge in [0.2, 0.25) is 5.13 Å². The van der Waals surface area contributed by atoms with Gasteiger partial charge in [0.25, 0.3) is 0 Å². The minimum Gasteiger partial charge on any atom is -0.346 e. The Bertz CT molecular complexity index is 675. The first-order chi connectivity index (χ1) is 12.3. The van der Waals surface area contributed by atoms with E-state index in [1.54, 1.807) is 11.5 Å². The van der Waals surface area contributed by atoms with Gasteiger partial charge in [0, 0.05) is 69.0 Å². The Morgan fingerprint density at radius 1 is 1.08 bits per heavy atom. The van der Waals surface area contributed by atoms with Crippen LogP contribution in [0.15, 0.2) is 12.4 Å². The molecule has 1 saturated carbocycles. The highest BCUT2D eigenvalue weighted by atomic mass is 32.1. The zero-order valence-electron chi connectivity index (χ0n) is 15.1. The fourth-order valence-corrected chi connectivity index (χ4v) is 4.81. The molecule has 0 unspecified atom stereocenters. The third kappa shape index (κ3) is 4.20. The van der Waals surface area contributed by atoms with E-state index in [0.29, 0.717) is 5.92 Å². The number of anilines is 1. The molecule has 7 heteroatoms. The zero-order valence-corrected chi connectivity index (χ0v) is 15.9. The van der Waals surface area contributed by atoms with Gasteiger partial charge in [-0.3, -0.25) is 9.58 Å². The molecular weight excluding hydrogens is 332 g/mol. The normalized spacial score (nSPS) is 20.8. The Morgan fingerprint density at radius 2 is 1.96 bits per heavy atom. The van der Waals surface area contributed by atoms with E-state index < -0.39 is 0 Å². The molecule has 136 valence electrons. The van der Waals surface area contributed by atoms with Crippen molar-refractivity contribution < 1.29 is 0 Å². The van der Waals surface area contributed by atoms with E-state index in [1.165, 1.54) is 44.1 Å². The van der Waals surface area contributed by atoms with Gasteiger partial charge in [-0.2, -0.15) is 9.47 Å². The molecule has 0 spiro atoms. The molecule has 2 aromatic rings. The molecule has 1 aliphatic carbocycles. The van der Waals surface area contributed by atoms with E-state index in [2.05, 4.69) is 21.1 Å². The van der Waals surface area contributed by atoms with Crippen molar-refractivity contribution >= 4 is 16.7 Å². The molecular formula is C18H28N6S. The molecule has 0 aromatic carbocycles. The van der Waals surface area contributed by atoms with Crippen LogP contribution >= 0.6 is 11.5 Å². The van der Waals surface area contributed by atoms with Crippen LogP contribution in [0.25, 0.3) is 0 Å². The van der Waals surface area contributed by atoms with Gasteiger partial charge in [0.1, 0.15) is 5.82 Å². The quantitative estimate of drug-likeness (QED) is 0.839. The van der Waals surface area contributed by atoms with E-state index in [9.17, 15) is 0 Å². The molecule has 0 amide bonds. The molecule has 2 aliphatic rings. The monoisotopic (exact) mass is 360 g/mol. The molecule has 1 saturated heterocycles. The predicted molar refractivity (Wildman–Crippen MR) is 101 cm³/mol. The van der Waals surface area contributed by atoms with Gasteiger partial charge in [0.05, 0.1) is 6.20 Å². The first-order valence-electron chi connectivity index (χ1n) is 9.56. The summed E-state index contributed by atoms with van der Waals surface area (Å²) in [7, 11) is 1.98. The average Bonchev–Trinajstić information content (AvgIpc) is 3.21. The van der Waals surface area contributed by atoms with Crippen molar-refractivity contribution in [2.24, 2.45) is 7.05 Å². The number of aryl methyl sites for hydroxylation is 1.